The van der Waals surface area contributed by atoms with Gasteiger partial charge in [0.05, 0.1) is 13.2 Å². The third-order valence-corrected chi connectivity index (χ3v) is 3.17. The fourth-order valence-corrected chi connectivity index (χ4v) is 1.99. The maximum atomic E-state index is 5.65. The summed E-state index contributed by atoms with van der Waals surface area (Å²) in [4.78, 5) is 0. The van der Waals surface area contributed by atoms with E-state index in [1.165, 1.54) is 11.1 Å². The average molecular weight is 298 g/mol. The summed E-state index contributed by atoms with van der Waals surface area (Å²) in [6.45, 7) is 10.4. The van der Waals surface area contributed by atoms with Crippen LogP contribution in [0.25, 0.3) is 0 Å². The highest BCUT2D eigenvalue weighted by atomic mass is 16.7. The molecule has 1 unspecified atom stereocenters. The van der Waals surface area contributed by atoms with Gasteiger partial charge in [-0.2, -0.15) is 0 Å². The standard InChI is InChI=1S/C18H34O3/c1-6-20-18(21-15-14-19-5)13-8-7-11-17(4)12-9-10-16(2)3/h10-11,18H,6-9,12-15H2,1-5H3/b17-11+. The minimum atomic E-state index is -0.0930. The Morgan fingerprint density at radius 3 is 2.38 bits per heavy atom. The highest BCUT2D eigenvalue weighted by Crippen LogP contribution is 2.12. The molecule has 0 spiro atoms. The maximum Gasteiger partial charge on any atom is 0.157 e. The predicted molar refractivity (Wildman–Crippen MR) is 89.5 cm³/mol. The lowest BCUT2D eigenvalue weighted by molar-refractivity contribution is -0.149. The molecule has 0 bridgehead atoms. The van der Waals surface area contributed by atoms with Crippen LogP contribution >= 0.6 is 0 Å². The lowest BCUT2D eigenvalue weighted by Gasteiger charge is -2.17. The Morgan fingerprint density at radius 2 is 1.76 bits per heavy atom. The van der Waals surface area contributed by atoms with E-state index in [0.29, 0.717) is 19.8 Å². The van der Waals surface area contributed by atoms with Gasteiger partial charge < -0.3 is 14.2 Å². The molecule has 21 heavy (non-hydrogen) atoms. The van der Waals surface area contributed by atoms with E-state index in [1.54, 1.807) is 7.11 Å². The third-order valence-electron chi connectivity index (χ3n) is 3.17. The Kier molecular flexibility index (Phi) is 13.9. The van der Waals surface area contributed by atoms with Gasteiger partial charge in [-0.1, -0.05) is 23.3 Å². The van der Waals surface area contributed by atoms with Gasteiger partial charge in [-0.05, 0) is 59.8 Å². The molecule has 1 atom stereocenters. The van der Waals surface area contributed by atoms with Gasteiger partial charge in [0.1, 0.15) is 0 Å². The Labute approximate surface area is 131 Å². The molecule has 0 heterocycles. The monoisotopic (exact) mass is 298 g/mol. The lowest BCUT2D eigenvalue weighted by atomic mass is 10.1. The SMILES string of the molecule is CCOC(CCC/C=C(\C)CCC=C(C)C)OCCOC. The van der Waals surface area contributed by atoms with E-state index in [0.717, 1.165) is 32.1 Å². The van der Waals surface area contributed by atoms with Crippen molar-refractivity contribution < 1.29 is 14.2 Å². The van der Waals surface area contributed by atoms with Crippen LogP contribution in [0.1, 0.15) is 59.8 Å². The van der Waals surface area contributed by atoms with Gasteiger partial charge in [-0.3, -0.25) is 0 Å². The molecule has 3 heteroatoms. The number of methoxy groups -OCH3 is 1. The smallest absolute Gasteiger partial charge is 0.157 e. The summed E-state index contributed by atoms with van der Waals surface area (Å²) in [6, 6.07) is 0. The van der Waals surface area contributed by atoms with Crippen molar-refractivity contribution in [2.45, 2.75) is 66.1 Å². The van der Waals surface area contributed by atoms with E-state index >= 15 is 0 Å². The zero-order valence-electron chi connectivity index (χ0n) is 14.6. The summed E-state index contributed by atoms with van der Waals surface area (Å²) in [5, 5.41) is 0. The number of hydrogen-bond donors (Lipinski definition) is 0. The van der Waals surface area contributed by atoms with Crippen LogP contribution in [0.5, 0.6) is 0 Å². The highest BCUT2D eigenvalue weighted by molar-refractivity contribution is 5.01. The number of allylic oxidation sites excluding steroid dienone is 4. The topological polar surface area (TPSA) is 27.7 Å². The molecule has 0 saturated heterocycles. The quantitative estimate of drug-likeness (QED) is 0.276. The first-order chi connectivity index (χ1) is 10.1. The minimum Gasteiger partial charge on any atom is -0.382 e. The Hall–Kier alpha value is -0.640. The van der Waals surface area contributed by atoms with Gasteiger partial charge in [0, 0.05) is 13.7 Å². The molecule has 0 aromatic carbocycles. The minimum absolute atomic E-state index is 0.0930. The van der Waals surface area contributed by atoms with Crippen LogP contribution < -0.4 is 0 Å². The summed E-state index contributed by atoms with van der Waals surface area (Å²) >= 11 is 0. The fraction of sp³-hybridized carbons (Fsp3) is 0.778. The first-order valence-electron chi connectivity index (χ1n) is 8.11. The molecule has 3 nitrogen and oxygen atoms in total. The van der Waals surface area contributed by atoms with Crippen molar-refractivity contribution in [2.75, 3.05) is 26.9 Å². The molecule has 0 aliphatic rings. The van der Waals surface area contributed by atoms with E-state index in [2.05, 4.69) is 32.9 Å². The maximum absolute atomic E-state index is 5.65. The van der Waals surface area contributed by atoms with Crippen LogP contribution in [0.2, 0.25) is 0 Å². The van der Waals surface area contributed by atoms with Gasteiger partial charge in [-0.15, -0.1) is 0 Å². The Morgan fingerprint density at radius 1 is 1.00 bits per heavy atom. The third kappa shape index (κ3) is 14.1. The molecule has 0 fully saturated rings. The molecule has 0 rings (SSSR count). The van der Waals surface area contributed by atoms with E-state index in [-0.39, 0.29) is 6.29 Å². The van der Waals surface area contributed by atoms with Gasteiger partial charge >= 0.3 is 0 Å². The molecule has 0 radical (unpaired) electrons. The van der Waals surface area contributed by atoms with Gasteiger partial charge in [-0.25, -0.2) is 0 Å². The van der Waals surface area contributed by atoms with Crippen LogP contribution in [0, 0.1) is 0 Å². The zero-order valence-corrected chi connectivity index (χ0v) is 14.6. The van der Waals surface area contributed by atoms with Crippen molar-refractivity contribution in [3.8, 4) is 0 Å². The molecule has 0 saturated carbocycles. The molecule has 124 valence electrons. The van der Waals surface area contributed by atoms with Crippen LogP contribution in [0.3, 0.4) is 0 Å². The van der Waals surface area contributed by atoms with Crippen LogP contribution in [0.15, 0.2) is 23.3 Å². The normalized spacial score (nSPS) is 13.3. The number of hydrogen-bond acceptors (Lipinski definition) is 3. The predicted octanol–water partition coefficient (Wildman–Crippen LogP) is 4.88. The number of unbranched alkanes of at least 4 members (excludes halogenated alkanes) is 1. The van der Waals surface area contributed by atoms with E-state index < -0.39 is 0 Å². The molecule has 0 N–H and O–H groups in total. The van der Waals surface area contributed by atoms with E-state index in [9.17, 15) is 0 Å². The molecule has 0 amide bonds. The van der Waals surface area contributed by atoms with Crippen molar-refractivity contribution in [1.82, 2.24) is 0 Å². The second-order valence-corrected chi connectivity index (χ2v) is 5.55. The van der Waals surface area contributed by atoms with Crippen molar-refractivity contribution in [3.63, 3.8) is 0 Å². The zero-order chi connectivity index (χ0) is 15.9. The molecule has 0 aliphatic heterocycles. The van der Waals surface area contributed by atoms with Crippen molar-refractivity contribution >= 4 is 0 Å². The van der Waals surface area contributed by atoms with Crippen LogP contribution in [-0.4, -0.2) is 33.2 Å². The lowest BCUT2D eigenvalue weighted by Crippen LogP contribution is -2.19. The van der Waals surface area contributed by atoms with E-state index in [4.69, 9.17) is 14.2 Å². The fourth-order valence-electron chi connectivity index (χ4n) is 1.99. The molecule has 0 aliphatic carbocycles. The van der Waals surface area contributed by atoms with Crippen LogP contribution in [0.4, 0.5) is 0 Å². The summed E-state index contributed by atoms with van der Waals surface area (Å²) in [6.07, 6.45) is 9.98. The van der Waals surface area contributed by atoms with Gasteiger partial charge in [0.15, 0.2) is 6.29 Å². The second-order valence-electron chi connectivity index (χ2n) is 5.55. The Bertz CT molecular complexity index is 291. The Balaban J connectivity index is 3.83. The van der Waals surface area contributed by atoms with Crippen molar-refractivity contribution in [1.29, 1.82) is 0 Å². The van der Waals surface area contributed by atoms with Crippen LogP contribution in [-0.2, 0) is 14.2 Å². The van der Waals surface area contributed by atoms with Gasteiger partial charge in [0.25, 0.3) is 0 Å². The van der Waals surface area contributed by atoms with Crippen molar-refractivity contribution in [2.24, 2.45) is 0 Å². The van der Waals surface area contributed by atoms with Gasteiger partial charge in [0.2, 0.25) is 0 Å². The first kappa shape index (κ1) is 20.4. The first-order valence-corrected chi connectivity index (χ1v) is 8.11. The highest BCUT2D eigenvalue weighted by Gasteiger charge is 2.07. The molecular weight excluding hydrogens is 264 g/mol. The summed E-state index contributed by atoms with van der Waals surface area (Å²) in [5.74, 6) is 0. The van der Waals surface area contributed by atoms with E-state index in [1.807, 2.05) is 6.92 Å². The molecular formula is C18H34O3. The molecule has 0 aromatic rings. The second kappa shape index (κ2) is 14.3. The average Bonchev–Trinajstić information content (AvgIpc) is 2.43. The molecule has 0 aromatic heterocycles. The summed E-state index contributed by atoms with van der Waals surface area (Å²) < 4.78 is 16.2. The number of rotatable bonds is 13. The van der Waals surface area contributed by atoms with Crippen molar-refractivity contribution in [3.05, 3.63) is 23.3 Å². The number of ether oxygens (including phenoxy) is 3. The summed E-state index contributed by atoms with van der Waals surface area (Å²) in [7, 11) is 1.68. The largest absolute Gasteiger partial charge is 0.382 e. The summed E-state index contributed by atoms with van der Waals surface area (Å²) in [5.41, 5.74) is 2.87.